The van der Waals surface area contributed by atoms with Crippen LogP contribution in [0.25, 0.3) is 0 Å². The van der Waals surface area contributed by atoms with Crippen LogP contribution in [0, 0.1) is 0 Å². The molecule has 2 aromatic carbocycles. The van der Waals surface area contributed by atoms with Crippen molar-refractivity contribution in [2.24, 2.45) is 0 Å². The lowest BCUT2D eigenvalue weighted by molar-refractivity contribution is -0.140. The molecule has 29 heavy (non-hydrogen) atoms. The lowest BCUT2D eigenvalue weighted by Crippen LogP contribution is -2.29. The number of carboxylic acid groups (broad SMARTS) is 2. The number of hydrogen-bond acceptors (Lipinski definition) is 4. The van der Waals surface area contributed by atoms with E-state index in [0.29, 0.717) is 13.1 Å². The predicted octanol–water partition coefficient (Wildman–Crippen LogP) is 3.77. The van der Waals surface area contributed by atoms with Crippen LogP contribution in [0.5, 0.6) is 0 Å². The van der Waals surface area contributed by atoms with E-state index >= 15 is 0 Å². The first kappa shape index (κ1) is 22.6. The molecule has 2 atom stereocenters. The molecule has 0 saturated carbocycles. The van der Waals surface area contributed by atoms with Crippen LogP contribution in [0.15, 0.2) is 60.7 Å². The van der Waals surface area contributed by atoms with Crippen molar-refractivity contribution in [1.82, 2.24) is 10.6 Å². The highest BCUT2D eigenvalue weighted by atomic mass is 16.4. The summed E-state index contributed by atoms with van der Waals surface area (Å²) in [5.41, 5.74) is 1.52. The van der Waals surface area contributed by atoms with Gasteiger partial charge >= 0.3 is 11.9 Å². The lowest BCUT2D eigenvalue weighted by atomic mass is 10.1. The number of hydrogen-bond donors (Lipinski definition) is 4. The fourth-order valence-corrected chi connectivity index (χ4v) is 3.26. The molecule has 0 heterocycles. The molecule has 0 aromatic heterocycles. The van der Waals surface area contributed by atoms with E-state index in [2.05, 4.69) is 10.6 Å². The van der Waals surface area contributed by atoms with Gasteiger partial charge in [0.05, 0.1) is 0 Å². The molecule has 0 aliphatic heterocycles. The first-order chi connectivity index (χ1) is 14.1. The molecule has 0 bridgehead atoms. The molecule has 0 spiro atoms. The third-order valence-corrected chi connectivity index (χ3v) is 4.81. The third kappa shape index (κ3) is 8.05. The van der Waals surface area contributed by atoms with Gasteiger partial charge in [0, 0.05) is 0 Å². The predicted molar refractivity (Wildman–Crippen MR) is 113 cm³/mol. The average Bonchev–Trinajstić information content (AvgIpc) is 2.73. The summed E-state index contributed by atoms with van der Waals surface area (Å²) in [5.74, 6) is -1.73. The molecule has 0 radical (unpaired) electrons. The maximum absolute atomic E-state index is 11.4. The first-order valence-corrected chi connectivity index (χ1v) is 10.1. The zero-order chi connectivity index (χ0) is 20.9. The smallest absolute Gasteiger partial charge is 0.325 e. The molecule has 0 amide bonds. The van der Waals surface area contributed by atoms with E-state index in [1.807, 2.05) is 60.7 Å². The Hall–Kier alpha value is -2.70. The van der Waals surface area contributed by atoms with Crippen molar-refractivity contribution in [3.05, 3.63) is 71.8 Å². The minimum Gasteiger partial charge on any atom is -0.480 e. The summed E-state index contributed by atoms with van der Waals surface area (Å²) < 4.78 is 0. The molecule has 2 aromatic rings. The Morgan fingerprint density at radius 1 is 0.621 bits per heavy atom. The molecule has 156 valence electrons. The van der Waals surface area contributed by atoms with E-state index in [1.54, 1.807) is 0 Å². The molecule has 4 N–H and O–H groups in total. The number of benzene rings is 2. The topological polar surface area (TPSA) is 98.7 Å². The van der Waals surface area contributed by atoms with Crippen LogP contribution in [0.2, 0.25) is 0 Å². The fourth-order valence-electron chi connectivity index (χ4n) is 3.26. The number of carbonyl (C=O) groups is 2. The molecule has 6 nitrogen and oxygen atoms in total. The number of nitrogens with one attached hydrogen (secondary N) is 2. The Bertz CT molecular complexity index is 674. The van der Waals surface area contributed by atoms with Crippen LogP contribution in [-0.4, -0.2) is 35.2 Å². The van der Waals surface area contributed by atoms with Crippen LogP contribution in [-0.2, 0) is 9.59 Å². The van der Waals surface area contributed by atoms with Crippen molar-refractivity contribution in [3.63, 3.8) is 0 Å². The van der Waals surface area contributed by atoms with E-state index in [9.17, 15) is 19.8 Å². The maximum atomic E-state index is 11.4. The van der Waals surface area contributed by atoms with Gasteiger partial charge in [0.25, 0.3) is 0 Å². The molecule has 0 aliphatic carbocycles. The molecular formula is C23H30N2O4. The van der Waals surface area contributed by atoms with E-state index in [-0.39, 0.29) is 0 Å². The van der Waals surface area contributed by atoms with Crippen molar-refractivity contribution in [3.8, 4) is 0 Å². The minimum atomic E-state index is -0.867. The second-order valence-electron chi connectivity index (χ2n) is 7.04. The van der Waals surface area contributed by atoms with Gasteiger partial charge in [0.15, 0.2) is 0 Å². The Balaban J connectivity index is 1.58. The quantitative estimate of drug-likeness (QED) is 0.362. The normalized spacial score (nSPS) is 13.0. The van der Waals surface area contributed by atoms with Crippen molar-refractivity contribution in [2.45, 2.75) is 44.2 Å². The van der Waals surface area contributed by atoms with Crippen LogP contribution in [0.4, 0.5) is 0 Å². The highest BCUT2D eigenvalue weighted by molar-refractivity contribution is 5.76. The van der Waals surface area contributed by atoms with Gasteiger partial charge in [-0.15, -0.1) is 0 Å². The van der Waals surface area contributed by atoms with Crippen LogP contribution >= 0.6 is 0 Å². The molecule has 0 fully saturated rings. The molecular weight excluding hydrogens is 368 g/mol. The highest BCUT2D eigenvalue weighted by Crippen LogP contribution is 2.14. The number of unbranched alkanes of at least 4 members (excludes halogenated alkanes) is 4. The Labute approximate surface area is 172 Å². The van der Waals surface area contributed by atoms with Crippen LogP contribution < -0.4 is 10.6 Å². The molecule has 0 unspecified atom stereocenters. The van der Waals surface area contributed by atoms with Gasteiger partial charge in [0.2, 0.25) is 0 Å². The largest absolute Gasteiger partial charge is 0.480 e. The van der Waals surface area contributed by atoms with Gasteiger partial charge in [0.1, 0.15) is 12.1 Å². The van der Waals surface area contributed by atoms with Crippen molar-refractivity contribution >= 4 is 11.9 Å². The third-order valence-electron chi connectivity index (χ3n) is 4.81. The fraction of sp³-hybridized carbons (Fsp3) is 0.391. The SMILES string of the molecule is O=C(O)[C@H](NCCCCCCCN[C@@H](C(=O)O)c1ccccc1)c1ccccc1. The van der Waals surface area contributed by atoms with Gasteiger partial charge in [-0.2, -0.15) is 0 Å². The van der Waals surface area contributed by atoms with Crippen molar-refractivity contribution in [1.29, 1.82) is 0 Å². The van der Waals surface area contributed by atoms with Crippen molar-refractivity contribution < 1.29 is 19.8 Å². The summed E-state index contributed by atoms with van der Waals surface area (Å²) >= 11 is 0. The van der Waals surface area contributed by atoms with Gasteiger partial charge < -0.3 is 20.8 Å². The maximum Gasteiger partial charge on any atom is 0.325 e. The van der Waals surface area contributed by atoms with Gasteiger partial charge in [-0.25, -0.2) is 0 Å². The summed E-state index contributed by atoms with van der Waals surface area (Å²) in [6.45, 7) is 1.30. The Morgan fingerprint density at radius 3 is 1.31 bits per heavy atom. The zero-order valence-corrected chi connectivity index (χ0v) is 16.6. The monoisotopic (exact) mass is 398 g/mol. The van der Waals surface area contributed by atoms with E-state index in [0.717, 1.165) is 43.2 Å². The summed E-state index contributed by atoms with van der Waals surface area (Å²) in [4.78, 5) is 22.9. The number of carboxylic acids is 2. The van der Waals surface area contributed by atoms with E-state index < -0.39 is 24.0 Å². The summed E-state index contributed by atoms with van der Waals surface area (Å²) in [5, 5.41) is 25.0. The standard InChI is InChI=1S/C23H30N2O4/c26-22(27)20(18-12-6-4-7-13-18)24-16-10-2-1-3-11-17-25-21(23(28)29)19-14-8-5-9-15-19/h4-9,12-15,20-21,24-25H,1-3,10-11,16-17H2,(H,26,27)(H,28,29)/t20-,21-/m1/s1. The lowest BCUT2D eigenvalue weighted by Gasteiger charge is -2.15. The van der Waals surface area contributed by atoms with Gasteiger partial charge in [-0.3, -0.25) is 9.59 Å². The van der Waals surface area contributed by atoms with Crippen LogP contribution in [0.3, 0.4) is 0 Å². The van der Waals surface area contributed by atoms with Crippen LogP contribution in [0.1, 0.15) is 55.3 Å². The van der Waals surface area contributed by atoms with Crippen molar-refractivity contribution in [2.75, 3.05) is 13.1 Å². The molecule has 6 heteroatoms. The minimum absolute atomic E-state index is 0.652. The van der Waals surface area contributed by atoms with E-state index in [4.69, 9.17) is 0 Å². The zero-order valence-electron chi connectivity index (χ0n) is 16.6. The molecule has 0 saturated heterocycles. The molecule has 0 aliphatic rings. The van der Waals surface area contributed by atoms with Gasteiger partial charge in [-0.1, -0.05) is 79.9 Å². The second-order valence-corrected chi connectivity index (χ2v) is 7.04. The molecule has 2 rings (SSSR count). The number of aliphatic carboxylic acids is 2. The summed E-state index contributed by atoms with van der Waals surface area (Å²) in [7, 11) is 0. The summed E-state index contributed by atoms with van der Waals surface area (Å²) in [6.07, 6.45) is 4.87. The average molecular weight is 399 g/mol. The Kier molecular flexibility index (Phi) is 9.89. The highest BCUT2D eigenvalue weighted by Gasteiger charge is 2.19. The van der Waals surface area contributed by atoms with Gasteiger partial charge in [-0.05, 0) is 37.1 Å². The first-order valence-electron chi connectivity index (χ1n) is 10.1. The Morgan fingerprint density at radius 2 is 0.966 bits per heavy atom. The number of rotatable bonds is 14. The summed E-state index contributed by atoms with van der Waals surface area (Å²) in [6, 6.07) is 17.0. The second kappa shape index (κ2) is 12.7. The van der Waals surface area contributed by atoms with E-state index in [1.165, 1.54) is 0 Å².